The summed E-state index contributed by atoms with van der Waals surface area (Å²) in [5.41, 5.74) is 1.81. The molecular weight excluding hydrogens is 373 g/mol. The molecule has 0 spiro atoms. The molecule has 0 bridgehead atoms. The van der Waals surface area contributed by atoms with E-state index >= 15 is 0 Å². The summed E-state index contributed by atoms with van der Waals surface area (Å²) in [6.45, 7) is 2.48. The molecule has 1 aliphatic rings. The minimum atomic E-state index is -0.411. The normalized spacial score (nSPS) is 21.2. The minimum absolute atomic E-state index is 0.241. The largest absolute Gasteiger partial charge is 0.462 e. The zero-order chi connectivity index (χ0) is 18.5. The maximum atomic E-state index is 12.8. The van der Waals surface area contributed by atoms with Crippen molar-refractivity contribution >= 4 is 29.2 Å². The fourth-order valence-corrected chi connectivity index (χ4v) is 3.76. The molecule has 3 atom stereocenters. The molecule has 6 heteroatoms. The first-order valence-corrected chi connectivity index (χ1v) is 9.46. The lowest BCUT2D eigenvalue weighted by atomic mass is 9.89. The molecule has 1 aromatic carbocycles. The zero-order valence-corrected chi connectivity index (χ0v) is 16.0. The van der Waals surface area contributed by atoms with Crippen LogP contribution < -0.4 is 0 Å². The molecule has 3 rings (SSSR count). The number of rotatable bonds is 5. The summed E-state index contributed by atoms with van der Waals surface area (Å²) >= 11 is 12.3. The minimum Gasteiger partial charge on any atom is -0.462 e. The van der Waals surface area contributed by atoms with Crippen molar-refractivity contribution < 1.29 is 14.3 Å². The predicted octanol–water partition coefficient (Wildman–Crippen LogP) is 5.03. The molecule has 26 heavy (non-hydrogen) atoms. The average Bonchev–Trinajstić information content (AvgIpc) is 2.62. The summed E-state index contributed by atoms with van der Waals surface area (Å²) in [5.74, 6) is -0.629. The summed E-state index contributed by atoms with van der Waals surface area (Å²) in [5, 5.41) is 1.06. The SMILES string of the molecule is C[C@H](Cc1cccnc1)OC(=O)[C@H]1CCCO[C@H]1c1ccc(Cl)cc1Cl. The Morgan fingerprint density at radius 1 is 1.38 bits per heavy atom. The quantitative estimate of drug-likeness (QED) is 0.668. The van der Waals surface area contributed by atoms with Gasteiger partial charge in [0.05, 0.1) is 12.0 Å². The Hall–Kier alpha value is -1.62. The van der Waals surface area contributed by atoms with Gasteiger partial charge in [0.2, 0.25) is 0 Å². The first-order valence-electron chi connectivity index (χ1n) is 8.70. The molecule has 0 aliphatic carbocycles. The Balaban J connectivity index is 1.69. The highest BCUT2D eigenvalue weighted by atomic mass is 35.5. The van der Waals surface area contributed by atoms with Gasteiger partial charge in [-0.15, -0.1) is 0 Å². The highest BCUT2D eigenvalue weighted by molar-refractivity contribution is 6.35. The van der Waals surface area contributed by atoms with Crippen LogP contribution in [0.1, 0.15) is 37.0 Å². The summed E-state index contributed by atoms with van der Waals surface area (Å²) in [7, 11) is 0. The second-order valence-corrected chi connectivity index (χ2v) is 7.36. The van der Waals surface area contributed by atoms with Crippen LogP contribution in [0.15, 0.2) is 42.7 Å². The zero-order valence-electron chi connectivity index (χ0n) is 14.5. The van der Waals surface area contributed by atoms with Gasteiger partial charge in [0.15, 0.2) is 0 Å². The van der Waals surface area contributed by atoms with E-state index in [4.69, 9.17) is 32.7 Å². The van der Waals surface area contributed by atoms with E-state index in [0.717, 1.165) is 17.5 Å². The Morgan fingerprint density at radius 3 is 2.96 bits per heavy atom. The number of carbonyl (C=O) groups excluding carboxylic acids is 1. The second kappa shape index (κ2) is 8.85. The van der Waals surface area contributed by atoms with E-state index in [1.54, 1.807) is 24.5 Å². The van der Waals surface area contributed by atoms with Gasteiger partial charge in [0, 0.05) is 41.0 Å². The van der Waals surface area contributed by atoms with Crippen molar-refractivity contribution in [2.45, 2.75) is 38.4 Å². The molecule has 2 heterocycles. The molecule has 2 aromatic rings. The summed E-state index contributed by atoms with van der Waals surface area (Å²) in [6.07, 6.45) is 5.01. The molecule has 1 fully saturated rings. The molecule has 0 saturated carbocycles. The van der Waals surface area contributed by atoms with Crippen LogP contribution in [0.2, 0.25) is 10.0 Å². The smallest absolute Gasteiger partial charge is 0.312 e. The van der Waals surface area contributed by atoms with Crippen LogP contribution in [-0.2, 0) is 20.7 Å². The molecule has 0 radical (unpaired) electrons. The summed E-state index contributed by atoms with van der Waals surface area (Å²) < 4.78 is 11.6. The Labute approximate surface area is 163 Å². The first-order chi connectivity index (χ1) is 12.5. The number of hydrogen-bond donors (Lipinski definition) is 0. The molecule has 0 unspecified atom stereocenters. The van der Waals surface area contributed by atoms with Crippen molar-refractivity contribution in [2.75, 3.05) is 6.61 Å². The molecule has 4 nitrogen and oxygen atoms in total. The molecule has 1 aliphatic heterocycles. The van der Waals surface area contributed by atoms with Gasteiger partial charge < -0.3 is 9.47 Å². The van der Waals surface area contributed by atoms with Gasteiger partial charge >= 0.3 is 5.97 Å². The second-order valence-electron chi connectivity index (χ2n) is 6.52. The maximum Gasteiger partial charge on any atom is 0.312 e. The number of nitrogens with zero attached hydrogens (tertiary/aromatic N) is 1. The van der Waals surface area contributed by atoms with Crippen molar-refractivity contribution in [3.05, 3.63) is 63.9 Å². The molecule has 1 aromatic heterocycles. The number of pyridine rings is 1. The third kappa shape index (κ3) is 4.76. The number of benzene rings is 1. The topological polar surface area (TPSA) is 48.4 Å². The van der Waals surface area contributed by atoms with E-state index in [1.165, 1.54) is 0 Å². The number of hydrogen-bond acceptors (Lipinski definition) is 4. The van der Waals surface area contributed by atoms with Crippen LogP contribution >= 0.6 is 23.2 Å². The van der Waals surface area contributed by atoms with Crippen LogP contribution in [0, 0.1) is 5.92 Å². The van der Waals surface area contributed by atoms with E-state index in [1.807, 2.05) is 25.1 Å². The van der Waals surface area contributed by atoms with Gasteiger partial charge in [-0.1, -0.05) is 35.3 Å². The fraction of sp³-hybridized carbons (Fsp3) is 0.400. The van der Waals surface area contributed by atoms with Crippen LogP contribution in [-0.4, -0.2) is 23.7 Å². The van der Waals surface area contributed by atoms with E-state index in [2.05, 4.69) is 4.98 Å². The van der Waals surface area contributed by atoms with Gasteiger partial charge in [0.1, 0.15) is 6.10 Å². The molecule has 0 amide bonds. The molecule has 0 N–H and O–H groups in total. The highest BCUT2D eigenvalue weighted by Gasteiger charge is 2.36. The fourth-order valence-electron chi connectivity index (χ4n) is 3.24. The van der Waals surface area contributed by atoms with E-state index in [-0.39, 0.29) is 18.0 Å². The predicted molar refractivity (Wildman–Crippen MR) is 101 cm³/mol. The lowest BCUT2D eigenvalue weighted by Gasteiger charge is -2.32. The van der Waals surface area contributed by atoms with E-state index in [9.17, 15) is 4.79 Å². The Morgan fingerprint density at radius 2 is 2.23 bits per heavy atom. The number of aromatic nitrogens is 1. The van der Waals surface area contributed by atoms with E-state index < -0.39 is 6.10 Å². The standard InChI is InChI=1S/C20H21Cl2NO3/c1-13(10-14-4-2-8-23-12-14)26-20(24)17-5-3-9-25-19(17)16-7-6-15(21)11-18(16)22/h2,4,6-8,11-13,17,19H,3,5,9-10H2,1H3/t13-,17+,19+/m1/s1. The number of esters is 1. The third-order valence-electron chi connectivity index (χ3n) is 4.46. The van der Waals surface area contributed by atoms with Gasteiger partial charge in [0.25, 0.3) is 0 Å². The monoisotopic (exact) mass is 393 g/mol. The van der Waals surface area contributed by atoms with Crippen molar-refractivity contribution in [1.82, 2.24) is 4.98 Å². The van der Waals surface area contributed by atoms with Gasteiger partial charge in [-0.25, -0.2) is 0 Å². The maximum absolute atomic E-state index is 12.8. The highest BCUT2D eigenvalue weighted by Crippen LogP contribution is 2.38. The van der Waals surface area contributed by atoms with Crippen molar-refractivity contribution in [1.29, 1.82) is 0 Å². The first kappa shape index (κ1) is 19.2. The van der Waals surface area contributed by atoms with E-state index in [0.29, 0.717) is 29.5 Å². The molecular formula is C20H21Cl2NO3. The van der Waals surface area contributed by atoms with Gasteiger partial charge in [-0.2, -0.15) is 0 Å². The lowest BCUT2D eigenvalue weighted by molar-refractivity contribution is -0.163. The van der Waals surface area contributed by atoms with Crippen LogP contribution in [0.25, 0.3) is 0 Å². The summed E-state index contributed by atoms with van der Waals surface area (Å²) in [4.78, 5) is 16.9. The number of halogens is 2. The number of ether oxygens (including phenoxy) is 2. The van der Waals surface area contributed by atoms with Crippen molar-refractivity contribution in [3.63, 3.8) is 0 Å². The van der Waals surface area contributed by atoms with Gasteiger partial charge in [-0.3, -0.25) is 9.78 Å². The Bertz CT molecular complexity index is 754. The Kier molecular flexibility index (Phi) is 6.52. The number of carbonyl (C=O) groups is 1. The molecule has 138 valence electrons. The summed E-state index contributed by atoms with van der Waals surface area (Å²) in [6, 6.07) is 9.09. The van der Waals surface area contributed by atoms with Crippen molar-refractivity contribution in [3.8, 4) is 0 Å². The van der Waals surface area contributed by atoms with Crippen LogP contribution in [0.4, 0.5) is 0 Å². The van der Waals surface area contributed by atoms with Gasteiger partial charge in [-0.05, 0) is 43.5 Å². The molecule has 1 saturated heterocycles. The van der Waals surface area contributed by atoms with Crippen LogP contribution in [0.3, 0.4) is 0 Å². The average molecular weight is 394 g/mol. The van der Waals surface area contributed by atoms with Crippen molar-refractivity contribution in [2.24, 2.45) is 5.92 Å². The third-order valence-corrected chi connectivity index (χ3v) is 5.02. The lowest BCUT2D eigenvalue weighted by Crippen LogP contribution is -2.33. The van der Waals surface area contributed by atoms with Crippen LogP contribution in [0.5, 0.6) is 0 Å².